The Kier molecular flexibility index (Phi) is 5.79. The van der Waals surface area contributed by atoms with Crippen molar-refractivity contribution in [1.82, 2.24) is 4.98 Å². The number of para-hydroxylation sites is 1. The second kappa shape index (κ2) is 8.64. The lowest BCUT2D eigenvalue weighted by molar-refractivity contribution is -0.118. The molecule has 0 unspecified atom stereocenters. The largest absolute Gasteiger partial charge is 0.484 e. The minimum Gasteiger partial charge on any atom is -0.484 e. The summed E-state index contributed by atoms with van der Waals surface area (Å²) in [7, 11) is 0. The van der Waals surface area contributed by atoms with Gasteiger partial charge in [-0.25, -0.2) is 4.98 Å². The zero-order valence-corrected chi connectivity index (χ0v) is 17.4. The maximum atomic E-state index is 12.5. The first-order chi connectivity index (χ1) is 14.1. The Labute approximate surface area is 178 Å². The van der Waals surface area contributed by atoms with Crippen LogP contribution >= 0.6 is 22.9 Å². The highest BCUT2D eigenvalue weighted by atomic mass is 35.5. The van der Waals surface area contributed by atoms with E-state index < -0.39 is 0 Å². The minimum absolute atomic E-state index is 0.0760. The van der Waals surface area contributed by atoms with Gasteiger partial charge in [0.2, 0.25) is 0 Å². The Hall–Kier alpha value is -2.89. The number of carbonyl (C=O) groups is 1. The lowest BCUT2D eigenvalue weighted by Gasteiger charge is -2.11. The predicted molar refractivity (Wildman–Crippen MR) is 120 cm³/mol. The number of benzene rings is 3. The van der Waals surface area contributed by atoms with Crippen LogP contribution in [0.3, 0.4) is 0 Å². The highest BCUT2D eigenvalue weighted by molar-refractivity contribution is 7.21. The smallest absolute Gasteiger partial charge is 0.262 e. The van der Waals surface area contributed by atoms with Crippen molar-refractivity contribution < 1.29 is 9.53 Å². The van der Waals surface area contributed by atoms with Crippen molar-refractivity contribution in [2.45, 2.75) is 13.3 Å². The van der Waals surface area contributed by atoms with Gasteiger partial charge < -0.3 is 10.1 Å². The number of hydrogen-bond donors (Lipinski definition) is 1. The third-order valence-electron chi connectivity index (χ3n) is 4.48. The second-order valence-corrected chi connectivity index (χ2v) is 7.98. The number of aryl methyl sites for hydroxylation is 1. The van der Waals surface area contributed by atoms with E-state index in [0.29, 0.717) is 16.5 Å². The van der Waals surface area contributed by atoms with Gasteiger partial charge in [0.1, 0.15) is 10.8 Å². The molecule has 4 rings (SSSR count). The Morgan fingerprint density at radius 1 is 1.10 bits per heavy atom. The molecule has 1 aromatic heterocycles. The number of nitrogens with one attached hydrogen (secondary N) is 1. The van der Waals surface area contributed by atoms with Crippen LogP contribution in [0.2, 0.25) is 5.02 Å². The summed E-state index contributed by atoms with van der Waals surface area (Å²) in [6, 6.07) is 21.0. The van der Waals surface area contributed by atoms with Crippen LogP contribution in [0.1, 0.15) is 12.5 Å². The Balaban J connectivity index is 1.51. The molecule has 0 spiro atoms. The number of amides is 1. The standard InChI is InChI=1S/C23H19ClN2O2S/c1-2-15-7-10-17(11-8-15)28-14-22(27)25-19-12-9-16(24)13-18(19)23-26-20-5-3-4-6-21(20)29-23/h3-13H,2,14H2,1H3,(H,25,27). The number of fused-ring (bicyclic) bond motifs is 1. The molecule has 4 aromatic rings. The van der Waals surface area contributed by atoms with Crippen molar-refractivity contribution in [1.29, 1.82) is 0 Å². The quantitative estimate of drug-likeness (QED) is 0.402. The van der Waals surface area contributed by atoms with Crippen molar-refractivity contribution in [2.75, 3.05) is 11.9 Å². The third-order valence-corrected chi connectivity index (χ3v) is 5.79. The Morgan fingerprint density at radius 2 is 1.90 bits per heavy atom. The van der Waals surface area contributed by atoms with Crippen molar-refractivity contribution >= 4 is 44.7 Å². The molecule has 1 N–H and O–H groups in total. The van der Waals surface area contributed by atoms with Crippen molar-refractivity contribution in [3.05, 3.63) is 77.3 Å². The summed E-state index contributed by atoms with van der Waals surface area (Å²) < 4.78 is 6.69. The van der Waals surface area contributed by atoms with Gasteiger partial charge in [-0.2, -0.15) is 0 Å². The summed E-state index contributed by atoms with van der Waals surface area (Å²) in [5, 5.41) is 4.31. The van der Waals surface area contributed by atoms with E-state index in [0.717, 1.165) is 27.2 Å². The molecule has 0 aliphatic heterocycles. The number of nitrogens with zero attached hydrogens (tertiary/aromatic N) is 1. The molecule has 0 bridgehead atoms. The lowest BCUT2D eigenvalue weighted by Crippen LogP contribution is -2.20. The average molecular weight is 423 g/mol. The van der Waals surface area contributed by atoms with E-state index in [1.165, 1.54) is 5.56 Å². The molecule has 146 valence electrons. The molecule has 1 heterocycles. The first-order valence-electron chi connectivity index (χ1n) is 9.29. The summed E-state index contributed by atoms with van der Waals surface area (Å²) in [4.78, 5) is 17.1. The summed E-state index contributed by atoms with van der Waals surface area (Å²) in [6.45, 7) is 2.02. The number of thiazole rings is 1. The van der Waals surface area contributed by atoms with Gasteiger partial charge in [-0.15, -0.1) is 11.3 Å². The molecule has 29 heavy (non-hydrogen) atoms. The molecule has 0 atom stereocenters. The highest BCUT2D eigenvalue weighted by Gasteiger charge is 2.14. The van der Waals surface area contributed by atoms with Crippen LogP contribution in [-0.4, -0.2) is 17.5 Å². The zero-order valence-electron chi connectivity index (χ0n) is 15.8. The van der Waals surface area contributed by atoms with Gasteiger partial charge in [0.25, 0.3) is 5.91 Å². The van der Waals surface area contributed by atoms with E-state index in [1.54, 1.807) is 23.5 Å². The first kappa shape index (κ1) is 19.4. The molecule has 6 heteroatoms. The van der Waals surface area contributed by atoms with Gasteiger partial charge in [0.15, 0.2) is 6.61 Å². The summed E-state index contributed by atoms with van der Waals surface area (Å²) in [5.41, 5.74) is 3.59. The van der Waals surface area contributed by atoms with Gasteiger partial charge in [0, 0.05) is 10.6 Å². The third kappa shape index (κ3) is 4.58. The monoisotopic (exact) mass is 422 g/mol. The maximum absolute atomic E-state index is 12.5. The minimum atomic E-state index is -0.241. The molecule has 0 aliphatic rings. The molecule has 0 radical (unpaired) electrons. The van der Waals surface area contributed by atoms with Crippen LogP contribution in [0, 0.1) is 0 Å². The molecule has 4 nitrogen and oxygen atoms in total. The summed E-state index contributed by atoms with van der Waals surface area (Å²) in [6.07, 6.45) is 0.964. The fraction of sp³-hybridized carbons (Fsp3) is 0.130. The highest BCUT2D eigenvalue weighted by Crippen LogP contribution is 2.36. The Bertz CT molecular complexity index is 1120. The van der Waals surface area contributed by atoms with Crippen molar-refractivity contribution in [2.24, 2.45) is 0 Å². The normalized spacial score (nSPS) is 10.8. The van der Waals surface area contributed by atoms with Crippen LogP contribution in [0.25, 0.3) is 20.8 Å². The fourth-order valence-electron chi connectivity index (χ4n) is 2.95. The predicted octanol–water partition coefficient (Wildman–Crippen LogP) is 6.20. The van der Waals surface area contributed by atoms with Gasteiger partial charge >= 0.3 is 0 Å². The van der Waals surface area contributed by atoms with Crippen LogP contribution in [0.4, 0.5) is 5.69 Å². The van der Waals surface area contributed by atoms with E-state index in [9.17, 15) is 4.79 Å². The number of halogens is 1. The number of ether oxygens (including phenoxy) is 1. The van der Waals surface area contributed by atoms with Crippen molar-refractivity contribution in [3.8, 4) is 16.3 Å². The molecular formula is C23H19ClN2O2S. The van der Waals surface area contributed by atoms with Crippen LogP contribution in [0.5, 0.6) is 5.75 Å². The Morgan fingerprint density at radius 3 is 2.66 bits per heavy atom. The molecule has 3 aromatic carbocycles. The lowest BCUT2D eigenvalue weighted by atomic mass is 10.2. The van der Waals surface area contributed by atoms with E-state index >= 15 is 0 Å². The number of aromatic nitrogens is 1. The maximum Gasteiger partial charge on any atom is 0.262 e. The molecule has 1 amide bonds. The fourth-order valence-corrected chi connectivity index (χ4v) is 4.11. The number of hydrogen-bond acceptors (Lipinski definition) is 4. The summed E-state index contributed by atoms with van der Waals surface area (Å²) in [5.74, 6) is 0.425. The summed E-state index contributed by atoms with van der Waals surface area (Å²) >= 11 is 7.77. The second-order valence-electron chi connectivity index (χ2n) is 6.51. The van der Waals surface area contributed by atoms with Crippen LogP contribution < -0.4 is 10.1 Å². The average Bonchev–Trinajstić information content (AvgIpc) is 3.18. The molecular weight excluding hydrogens is 404 g/mol. The van der Waals surface area contributed by atoms with E-state index in [-0.39, 0.29) is 12.5 Å². The molecule has 0 saturated carbocycles. The van der Waals surface area contributed by atoms with Crippen molar-refractivity contribution in [3.63, 3.8) is 0 Å². The van der Waals surface area contributed by atoms with E-state index in [1.807, 2.05) is 54.6 Å². The molecule has 0 fully saturated rings. The van der Waals surface area contributed by atoms with Gasteiger partial charge in [0.05, 0.1) is 15.9 Å². The van der Waals surface area contributed by atoms with Gasteiger partial charge in [-0.05, 0) is 54.4 Å². The first-order valence-corrected chi connectivity index (χ1v) is 10.5. The molecule has 0 saturated heterocycles. The van der Waals surface area contributed by atoms with Gasteiger partial charge in [-0.1, -0.05) is 42.8 Å². The van der Waals surface area contributed by atoms with E-state index in [2.05, 4.69) is 17.2 Å². The van der Waals surface area contributed by atoms with Crippen LogP contribution in [-0.2, 0) is 11.2 Å². The number of carbonyl (C=O) groups excluding carboxylic acids is 1. The van der Waals surface area contributed by atoms with Gasteiger partial charge in [-0.3, -0.25) is 4.79 Å². The van der Waals surface area contributed by atoms with E-state index in [4.69, 9.17) is 16.3 Å². The SMILES string of the molecule is CCc1ccc(OCC(=O)Nc2ccc(Cl)cc2-c2nc3ccccc3s2)cc1. The number of rotatable bonds is 6. The topological polar surface area (TPSA) is 51.2 Å². The molecule has 0 aliphatic carbocycles. The van der Waals surface area contributed by atoms with Crippen LogP contribution in [0.15, 0.2) is 66.7 Å². The zero-order chi connectivity index (χ0) is 20.2. The number of anilines is 1.